The quantitative estimate of drug-likeness (QED) is 0.555. The molecule has 0 saturated heterocycles. The molecular formula is C13H14N4O. The Kier molecular flexibility index (Phi) is 2.34. The first kappa shape index (κ1) is 10.9. The summed E-state index contributed by atoms with van der Waals surface area (Å²) in [7, 11) is 0. The predicted octanol–water partition coefficient (Wildman–Crippen LogP) is 2.28. The minimum absolute atomic E-state index is 0.0697. The number of H-pyrrole nitrogens is 2. The van der Waals surface area contributed by atoms with Gasteiger partial charge in [0.25, 0.3) is 0 Å². The van der Waals surface area contributed by atoms with Gasteiger partial charge in [-0.1, -0.05) is 0 Å². The predicted molar refractivity (Wildman–Crippen MR) is 70.1 cm³/mol. The molecular weight excluding hydrogens is 228 g/mol. The Morgan fingerprint density at radius 2 is 2.11 bits per heavy atom. The minimum atomic E-state index is -0.0697. The number of nitrogens with zero attached hydrogens (tertiary/aromatic N) is 1. The number of nitrogens with one attached hydrogen (secondary N) is 2. The number of benzene rings is 1. The molecule has 0 saturated carbocycles. The van der Waals surface area contributed by atoms with E-state index in [9.17, 15) is 5.11 Å². The monoisotopic (exact) mass is 242 g/mol. The fourth-order valence-corrected chi connectivity index (χ4v) is 1.96. The zero-order chi connectivity index (χ0) is 12.7. The zero-order valence-electron chi connectivity index (χ0n) is 9.94. The van der Waals surface area contributed by atoms with Gasteiger partial charge in [-0.25, -0.2) is 0 Å². The molecule has 92 valence electrons. The SMILES string of the molecule is CC(N)c1cc(-c2cc3ccc(O)cc3[nH]2)n[nH]1. The van der Waals surface area contributed by atoms with E-state index < -0.39 is 0 Å². The van der Waals surface area contributed by atoms with E-state index in [1.54, 1.807) is 12.1 Å². The van der Waals surface area contributed by atoms with Crippen LogP contribution in [0.1, 0.15) is 18.7 Å². The highest BCUT2D eigenvalue weighted by Gasteiger charge is 2.09. The van der Waals surface area contributed by atoms with Gasteiger partial charge in [0, 0.05) is 23.0 Å². The van der Waals surface area contributed by atoms with Gasteiger partial charge in [0.15, 0.2) is 0 Å². The summed E-state index contributed by atoms with van der Waals surface area (Å²) in [5.41, 5.74) is 9.28. The van der Waals surface area contributed by atoms with Crippen molar-refractivity contribution < 1.29 is 5.11 Å². The van der Waals surface area contributed by atoms with E-state index in [2.05, 4.69) is 15.2 Å². The van der Waals surface area contributed by atoms with E-state index in [0.29, 0.717) is 0 Å². The molecule has 5 heteroatoms. The Morgan fingerprint density at radius 1 is 1.28 bits per heavy atom. The molecule has 0 aliphatic rings. The van der Waals surface area contributed by atoms with E-state index in [4.69, 9.17) is 5.73 Å². The van der Waals surface area contributed by atoms with Gasteiger partial charge < -0.3 is 15.8 Å². The average molecular weight is 242 g/mol. The number of nitrogens with two attached hydrogens (primary N) is 1. The Hall–Kier alpha value is -2.27. The first-order valence-corrected chi connectivity index (χ1v) is 5.76. The Morgan fingerprint density at radius 3 is 2.83 bits per heavy atom. The van der Waals surface area contributed by atoms with Crippen LogP contribution in [-0.2, 0) is 0 Å². The van der Waals surface area contributed by atoms with Crippen molar-refractivity contribution in [3.05, 3.63) is 36.0 Å². The minimum Gasteiger partial charge on any atom is -0.508 e. The van der Waals surface area contributed by atoms with E-state index >= 15 is 0 Å². The molecule has 0 amide bonds. The second-order valence-corrected chi connectivity index (χ2v) is 4.45. The number of aromatic nitrogens is 3. The summed E-state index contributed by atoms with van der Waals surface area (Å²) in [6.07, 6.45) is 0. The van der Waals surface area contributed by atoms with Gasteiger partial charge >= 0.3 is 0 Å². The van der Waals surface area contributed by atoms with Crippen molar-refractivity contribution in [2.45, 2.75) is 13.0 Å². The van der Waals surface area contributed by atoms with Gasteiger partial charge in [-0.05, 0) is 31.2 Å². The molecule has 1 unspecified atom stereocenters. The van der Waals surface area contributed by atoms with Gasteiger partial charge in [0.2, 0.25) is 0 Å². The maximum absolute atomic E-state index is 9.43. The summed E-state index contributed by atoms with van der Waals surface area (Å²) in [6, 6.07) is 9.07. The van der Waals surface area contributed by atoms with Crippen molar-refractivity contribution >= 4 is 10.9 Å². The number of phenolic OH excluding ortho intramolecular Hbond substituents is 1. The molecule has 3 aromatic rings. The highest BCUT2D eigenvalue weighted by atomic mass is 16.3. The second kappa shape index (κ2) is 3.89. The summed E-state index contributed by atoms with van der Waals surface area (Å²) in [5.74, 6) is 0.245. The van der Waals surface area contributed by atoms with Crippen molar-refractivity contribution in [3.8, 4) is 17.1 Å². The smallest absolute Gasteiger partial charge is 0.117 e. The summed E-state index contributed by atoms with van der Waals surface area (Å²) in [5, 5.41) is 17.6. The molecule has 0 aliphatic carbocycles. The van der Waals surface area contributed by atoms with Crippen molar-refractivity contribution in [1.29, 1.82) is 0 Å². The van der Waals surface area contributed by atoms with Crippen LogP contribution in [0.25, 0.3) is 22.3 Å². The molecule has 18 heavy (non-hydrogen) atoms. The van der Waals surface area contributed by atoms with Crippen molar-refractivity contribution in [1.82, 2.24) is 15.2 Å². The van der Waals surface area contributed by atoms with Crippen LogP contribution in [0.5, 0.6) is 5.75 Å². The van der Waals surface area contributed by atoms with Crippen LogP contribution in [0.2, 0.25) is 0 Å². The number of aromatic amines is 2. The zero-order valence-corrected chi connectivity index (χ0v) is 9.94. The van der Waals surface area contributed by atoms with Crippen molar-refractivity contribution in [2.24, 2.45) is 5.73 Å². The molecule has 5 nitrogen and oxygen atoms in total. The first-order chi connectivity index (χ1) is 8.63. The summed E-state index contributed by atoms with van der Waals surface area (Å²) >= 11 is 0. The van der Waals surface area contributed by atoms with Crippen LogP contribution in [0.3, 0.4) is 0 Å². The fraction of sp³-hybridized carbons (Fsp3) is 0.154. The number of rotatable bonds is 2. The average Bonchev–Trinajstić information content (AvgIpc) is 2.93. The molecule has 3 rings (SSSR count). The van der Waals surface area contributed by atoms with E-state index in [0.717, 1.165) is 28.0 Å². The lowest BCUT2D eigenvalue weighted by atomic mass is 10.2. The normalized spacial score (nSPS) is 13.0. The van der Waals surface area contributed by atoms with Crippen LogP contribution < -0.4 is 5.73 Å². The van der Waals surface area contributed by atoms with E-state index in [1.165, 1.54) is 0 Å². The fourth-order valence-electron chi connectivity index (χ4n) is 1.96. The number of hydrogen-bond donors (Lipinski definition) is 4. The molecule has 1 atom stereocenters. The molecule has 0 fully saturated rings. The Labute approximate surface area is 104 Å². The van der Waals surface area contributed by atoms with Gasteiger partial charge in [-0.15, -0.1) is 0 Å². The number of aromatic hydroxyl groups is 1. The van der Waals surface area contributed by atoms with Gasteiger partial charge in [0.05, 0.1) is 11.4 Å². The van der Waals surface area contributed by atoms with Crippen molar-refractivity contribution in [2.75, 3.05) is 0 Å². The molecule has 0 radical (unpaired) electrons. The molecule has 0 bridgehead atoms. The third-order valence-electron chi connectivity index (χ3n) is 2.97. The van der Waals surface area contributed by atoms with Crippen molar-refractivity contribution in [3.63, 3.8) is 0 Å². The lowest BCUT2D eigenvalue weighted by Gasteiger charge is -1.96. The maximum Gasteiger partial charge on any atom is 0.117 e. The highest BCUT2D eigenvalue weighted by molar-refractivity contribution is 5.86. The largest absolute Gasteiger partial charge is 0.508 e. The number of fused-ring (bicyclic) bond motifs is 1. The van der Waals surface area contributed by atoms with Gasteiger partial charge in [0.1, 0.15) is 11.4 Å². The lowest BCUT2D eigenvalue weighted by molar-refractivity contribution is 0.476. The van der Waals surface area contributed by atoms with Crippen LogP contribution in [0, 0.1) is 0 Å². The first-order valence-electron chi connectivity index (χ1n) is 5.76. The Balaban J connectivity index is 2.07. The molecule has 2 heterocycles. The number of phenols is 1. The topological polar surface area (TPSA) is 90.7 Å². The maximum atomic E-state index is 9.43. The van der Waals surface area contributed by atoms with Gasteiger partial charge in [-0.3, -0.25) is 5.10 Å². The van der Waals surface area contributed by atoms with Crippen LogP contribution >= 0.6 is 0 Å². The summed E-state index contributed by atoms with van der Waals surface area (Å²) < 4.78 is 0. The standard InChI is InChI=1S/C13H14N4O/c1-7(14)10-6-13(17-16-10)12-4-8-2-3-9(18)5-11(8)15-12/h2-7,15,18H,14H2,1H3,(H,16,17). The van der Waals surface area contributed by atoms with E-state index in [1.807, 2.05) is 25.1 Å². The molecule has 5 N–H and O–H groups in total. The van der Waals surface area contributed by atoms with Crippen LogP contribution in [0.15, 0.2) is 30.3 Å². The molecule has 1 aromatic carbocycles. The molecule has 0 aliphatic heterocycles. The molecule has 0 spiro atoms. The number of hydrogen-bond acceptors (Lipinski definition) is 3. The van der Waals surface area contributed by atoms with Gasteiger partial charge in [-0.2, -0.15) is 5.10 Å². The Bertz CT molecular complexity index is 696. The summed E-state index contributed by atoms with van der Waals surface area (Å²) in [6.45, 7) is 1.90. The van der Waals surface area contributed by atoms with Crippen LogP contribution in [0.4, 0.5) is 0 Å². The molecule has 2 aromatic heterocycles. The lowest BCUT2D eigenvalue weighted by Crippen LogP contribution is -2.04. The second-order valence-electron chi connectivity index (χ2n) is 4.45. The third-order valence-corrected chi connectivity index (χ3v) is 2.97. The summed E-state index contributed by atoms with van der Waals surface area (Å²) in [4.78, 5) is 3.22. The van der Waals surface area contributed by atoms with E-state index in [-0.39, 0.29) is 11.8 Å². The highest BCUT2D eigenvalue weighted by Crippen LogP contribution is 2.26. The van der Waals surface area contributed by atoms with Crippen LogP contribution in [-0.4, -0.2) is 20.3 Å². The third kappa shape index (κ3) is 1.74.